The van der Waals surface area contributed by atoms with Crippen LogP contribution in [-0.2, 0) is 0 Å². The number of methoxy groups -OCH3 is 2. The van der Waals surface area contributed by atoms with Crippen LogP contribution in [0.2, 0.25) is 0 Å². The normalized spacial score (nSPS) is 10.6. The Morgan fingerprint density at radius 3 is 2.29 bits per heavy atom. The Balaban J connectivity index is 2.35. The summed E-state index contributed by atoms with van der Waals surface area (Å²) in [4.78, 5) is 19.6. The van der Waals surface area contributed by atoms with Crippen LogP contribution in [0.3, 0.4) is 0 Å². The first-order chi connectivity index (χ1) is 10.2. The van der Waals surface area contributed by atoms with E-state index in [1.165, 1.54) is 0 Å². The molecular weight excluding hydrogens is 268 g/mol. The SMILES string of the molecule is COc1ccc(OC)c2[nH]c(=O)c(-c3ccccc3)nc12. The summed E-state index contributed by atoms with van der Waals surface area (Å²) < 4.78 is 10.6. The summed E-state index contributed by atoms with van der Waals surface area (Å²) in [7, 11) is 3.11. The molecule has 5 nitrogen and oxygen atoms in total. The highest BCUT2D eigenvalue weighted by molar-refractivity contribution is 5.88. The molecule has 1 aromatic heterocycles. The van der Waals surface area contributed by atoms with E-state index in [4.69, 9.17) is 9.47 Å². The summed E-state index contributed by atoms with van der Waals surface area (Å²) >= 11 is 0. The van der Waals surface area contributed by atoms with Crippen LogP contribution in [0.25, 0.3) is 22.3 Å². The summed E-state index contributed by atoms with van der Waals surface area (Å²) in [5.74, 6) is 1.13. The molecule has 0 bridgehead atoms. The second-order valence-corrected chi connectivity index (χ2v) is 4.47. The van der Waals surface area contributed by atoms with E-state index in [0.29, 0.717) is 28.2 Å². The minimum atomic E-state index is -0.264. The lowest BCUT2D eigenvalue weighted by atomic mass is 10.1. The van der Waals surface area contributed by atoms with Crippen LogP contribution in [0.15, 0.2) is 47.3 Å². The van der Waals surface area contributed by atoms with Crippen LogP contribution >= 0.6 is 0 Å². The zero-order valence-electron chi connectivity index (χ0n) is 11.7. The van der Waals surface area contributed by atoms with Gasteiger partial charge >= 0.3 is 0 Å². The lowest BCUT2D eigenvalue weighted by Gasteiger charge is -2.10. The molecule has 106 valence electrons. The van der Waals surface area contributed by atoms with Crippen LogP contribution in [0.4, 0.5) is 0 Å². The third-order valence-corrected chi connectivity index (χ3v) is 3.27. The van der Waals surface area contributed by atoms with Crippen molar-refractivity contribution < 1.29 is 9.47 Å². The molecule has 0 saturated heterocycles. The van der Waals surface area contributed by atoms with E-state index in [1.807, 2.05) is 30.3 Å². The van der Waals surface area contributed by atoms with Crippen LogP contribution < -0.4 is 15.0 Å². The molecule has 1 N–H and O–H groups in total. The first-order valence-electron chi connectivity index (χ1n) is 6.45. The fraction of sp³-hybridized carbons (Fsp3) is 0.125. The highest BCUT2D eigenvalue weighted by Gasteiger charge is 2.13. The lowest BCUT2D eigenvalue weighted by Crippen LogP contribution is -2.12. The molecule has 0 unspecified atom stereocenters. The molecule has 0 radical (unpaired) electrons. The van der Waals surface area contributed by atoms with Crippen molar-refractivity contribution in [3.05, 3.63) is 52.8 Å². The van der Waals surface area contributed by atoms with Gasteiger partial charge in [-0.25, -0.2) is 4.98 Å². The van der Waals surface area contributed by atoms with E-state index >= 15 is 0 Å². The van der Waals surface area contributed by atoms with Crippen molar-refractivity contribution in [2.45, 2.75) is 0 Å². The van der Waals surface area contributed by atoms with Gasteiger partial charge in [0.15, 0.2) is 0 Å². The predicted molar refractivity (Wildman–Crippen MR) is 80.9 cm³/mol. The van der Waals surface area contributed by atoms with Gasteiger partial charge in [-0.15, -0.1) is 0 Å². The maximum absolute atomic E-state index is 12.3. The first kappa shape index (κ1) is 13.2. The molecule has 0 aliphatic carbocycles. The molecule has 0 fully saturated rings. The quantitative estimate of drug-likeness (QED) is 0.802. The maximum atomic E-state index is 12.3. The van der Waals surface area contributed by atoms with Crippen molar-refractivity contribution in [2.24, 2.45) is 0 Å². The Bertz CT molecular complexity index is 841. The third-order valence-electron chi connectivity index (χ3n) is 3.27. The smallest absolute Gasteiger partial charge is 0.275 e. The topological polar surface area (TPSA) is 64.2 Å². The number of benzene rings is 2. The Labute approximate surface area is 121 Å². The fourth-order valence-electron chi connectivity index (χ4n) is 2.25. The van der Waals surface area contributed by atoms with Gasteiger partial charge in [0.1, 0.15) is 28.2 Å². The average Bonchev–Trinajstić information content (AvgIpc) is 2.54. The molecule has 0 spiro atoms. The average molecular weight is 282 g/mol. The van der Waals surface area contributed by atoms with Crippen LogP contribution in [0.5, 0.6) is 11.5 Å². The second kappa shape index (κ2) is 5.28. The number of H-pyrrole nitrogens is 1. The van der Waals surface area contributed by atoms with Gasteiger partial charge in [-0.05, 0) is 12.1 Å². The number of hydrogen-bond acceptors (Lipinski definition) is 4. The van der Waals surface area contributed by atoms with Crippen molar-refractivity contribution in [3.8, 4) is 22.8 Å². The number of nitrogens with one attached hydrogen (secondary N) is 1. The summed E-state index contributed by atoms with van der Waals surface area (Å²) in [5, 5.41) is 0. The van der Waals surface area contributed by atoms with Gasteiger partial charge in [0.2, 0.25) is 0 Å². The van der Waals surface area contributed by atoms with Gasteiger partial charge in [-0.3, -0.25) is 4.79 Å². The maximum Gasteiger partial charge on any atom is 0.275 e. The monoisotopic (exact) mass is 282 g/mol. The standard InChI is InChI=1S/C16H14N2O3/c1-20-11-8-9-12(21-2)15-14(11)17-13(16(19)18-15)10-6-4-3-5-7-10/h3-9H,1-2H3,(H,18,19). The molecule has 2 aromatic carbocycles. The van der Waals surface area contributed by atoms with Gasteiger partial charge in [0.25, 0.3) is 5.56 Å². The van der Waals surface area contributed by atoms with E-state index < -0.39 is 0 Å². The van der Waals surface area contributed by atoms with E-state index in [0.717, 1.165) is 5.56 Å². The van der Waals surface area contributed by atoms with Gasteiger partial charge in [0.05, 0.1) is 14.2 Å². The van der Waals surface area contributed by atoms with E-state index in [2.05, 4.69) is 9.97 Å². The number of aromatic amines is 1. The first-order valence-corrected chi connectivity index (χ1v) is 6.45. The lowest BCUT2D eigenvalue weighted by molar-refractivity contribution is 0.409. The Morgan fingerprint density at radius 2 is 1.62 bits per heavy atom. The van der Waals surface area contributed by atoms with Crippen molar-refractivity contribution in [1.82, 2.24) is 9.97 Å². The van der Waals surface area contributed by atoms with Crippen molar-refractivity contribution in [2.75, 3.05) is 14.2 Å². The van der Waals surface area contributed by atoms with Gasteiger partial charge < -0.3 is 14.5 Å². The van der Waals surface area contributed by atoms with Crippen LogP contribution in [-0.4, -0.2) is 24.2 Å². The van der Waals surface area contributed by atoms with E-state index in [-0.39, 0.29) is 5.56 Å². The fourth-order valence-corrected chi connectivity index (χ4v) is 2.25. The summed E-state index contributed by atoms with van der Waals surface area (Å²) in [6.45, 7) is 0. The number of ether oxygens (including phenoxy) is 2. The van der Waals surface area contributed by atoms with Gasteiger partial charge in [-0.2, -0.15) is 0 Å². The Hall–Kier alpha value is -2.82. The number of rotatable bonds is 3. The largest absolute Gasteiger partial charge is 0.494 e. The van der Waals surface area contributed by atoms with Crippen molar-refractivity contribution in [3.63, 3.8) is 0 Å². The molecule has 3 aromatic rings. The zero-order chi connectivity index (χ0) is 14.8. The number of nitrogens with zero attached hydrogens (tertiary/aromatic N) is 1. The van der Waals surface area contributed by atoms with E-state index in [9.17, 15) is 4.79 Å². The van der Waals surface area contributed by atoms with Crippen molar-refractivity contribution in [1.29, 1.82) is 0 Å². The van der Waals surface area contributed by atoms with E-state index in [1.54, 1.807) is 26.4 Å². The summed E-state index contributed by atoms with van der Waals surface area (Å²) in [6.07, 6.45) is 0. The van der Waals surface area contributed by atoms with Gasteiger partial charge in [0, 0.05) is 5.56 Å². The molecule has 21 heavy (non-hydrogen) atoms. The number of fused-ring (bicyclic) bond motifs is 1. The molecule has 0 atom stereocenters. The second-order valence-electron chi connectivity index (χ2n) is 4.47. The highest BCUT2D eigenvalue weighted by atomic mass is 16.5. The molecule has 5 heteroatoms. The summed E-state index contributed by atoms with van der Waals surface area (Å²) in [6, 6.07) is 12.8. The number of hydrogen-bond donors (Lipinski definition) is 1. The molecule has 1 heterocycles. The Kier molecular flexibility index (Phi) is 3.31. The zero-order valence-corrected chi connectivity index (χ0v) is 11.7. The molecule has 0 aliphatic heterocycles. The van der Waals surface area contributed by atoms with Gasteiger partial charge in [-0.1, -0.05) is 30.3 Å². The molecular formula is C16H14N2O3. The minimum absolute atomic E-state index is 0.264. The molecule has 0 amide bonds. The minimum Gasteiger partial charge on any atom is -0.494 e. The van der Waals surface area contributed by atoms with Crippen molar-refractivity contribution >= 4 is 11.0 Å². The van der Waals surface area contributed by atoms with Crippen LogP contribution in [0.1, 0.15) is 0 Å². The van der Waals surface area contributed by atoms with Crippen LogP contribution in [0, 0.1) is 0 Å². The molecule has 0 aliphatic rings. The Morgan fingerprint density at radius 1 is 0.952 bits per heavy atom. The number of aromatic nitrogens is 2. The third kappa shape index (κ3) is 2.23. The highest BCUT2D eigenvalue weighted by Crippen LogP contribution is 2.30. The molecule has 3 rings (SSSR count). The predicted octanol–water partition coefficient (Wildman–Crippen LogP) is 2.61. The summed E-state index contributed by atoms with van der Waals surface area (Å²) in [5.41, 5.74) is 1.94. The molecule has 0 saturated carbocycles.